The molecule has 0 unspecified atom stereocenters. The first-order valence-electron chi connectivity index (χ1n) is 7.21. The van der Waals surface area contributed by atoms with E-state index in [1.165, 1.54) is 0 Å². The molecule has 1 fully saturated rings. The molecule has 3 aromatic rings. The van der Waals surface area contributed by atoms with Crippen LogP contribution in [0.15, 0.2) is 30.6 Å². The van der Waals surface area contributed by atoms with Gasteiger partial charge >= 0.3 is 0 Å². The van der Waals surface area contributed by atoms with E-state index in [4.69, 9.17) is 15.5 Å². The number of nitrogens with one attached hydrogen (secondary N) is 1. The number of aromatic nitrogens is 4. The lowest BCUT2D eigenvalue weighted by Gasteiger charge is -2.27. The quantitative estimate of drug-likeness (QED) is 0.743. The second kappa shape index (κ2) is 5.27. The summed E-state index contributed by atoms with van der Waals surface area (Å²) in [5, 5.41) is 1.02. The van der Waals surface area contributed by atoms with Gasteiger partial charge in [0.15, 0.2) is 0 Å². The zero-order valence-electron chi connectivity index (χ0n) is 12.0. The summed E-state index contributed by atoms with van der Waals surface area (Å²) in [5.74, 6) is 1.12. The van der Waals surface area contributed by atoms with Gasteiger partial charge in [0.25, 0.3) is 0 Å². The number of aromatic amines is 1. The molecule has 7 heteroatoms. The van der Waals surface area contributed by atoms with Gasteiger partial charge in [-0.05, 0) is 12.1 Å². The van der Waals surface area contributed by atoms with Crippen molar-refractivity contribution < 1.29 is 4.74 Å². The van der Waals surface area contributed by atoms with Crippen molar-refractivity contribution in [2.75, 3.05) is 36.9 Å². The first-order valence-corrected chi connectivity index (χ1v) is 7.21. The van der Waals surface area contributed by atoms with Gasteiger partial charge in [0, 0.05) is 42.5 Å². The number of rotatable bonds is 2. The minimum Gasteiger partial charge on any atom is -0.384 e. The molecular formula is C15H16N6O. The van der Waals surface area contributed by atoms with Crippen LogP contribution in [-0.2, 0) is 4.74 Å². The fraction of sp³-hybridized carbons (Fsp3) is 0.267. The molecule has 3 aromatic heterocycles. The Morgan fingerprint density at radius 1 is 1.18 bits per heavy atom. The maximum Gasteiger partial charge on any atom is 0.228 e. The average molecular weight is 296 g/mol. The lowest BCUT2D eigenvalue weighted by molar-refractivity contribution is 0.122. The summed E-state index contributed by atoms with van der Waals surface area (Å²) in [6.45, 7) is 2.92. The Hall–Kier alpha value is -2.67. The monoisotopic (exact) mass is 296 g/mol. The van der Waals surface area contributed by atoms with E-state index in [9.17, 15) is 0 Å². The Morgan fingerprint density at radius 3 is 2.91 bits per heavy atom. The van der Waals surface area contributed by atoms with Crippen LogP contribution in [0, 0.1) is 0 Å². The van der Waals surface area contributed by atoms with Gasteiger partial charge in [-0.1, -0.05) is 0 Å². The lowest BCUT2D eigenvalue weighted by atomic mass is 10.1. The second-order valence-corrected chi connectivity index (χ2v) is 5.18. The number of nitrogen functional groups attached to an aromatic ring is 1. The Morgan fingerprint density at radius 2 is 2.05 bits per heavy atom. The largest absolute Gasteiger partial charge is 0.384 e. The van der Waals surface area contributed by atoms with E-state index in [2.05, 4.69) is 19.9 Å². The summed E-state index contributed by atoms with van der Waals surface area (Å²) >= 11 is 0. The molecule has 1 saturated heterocycles. The average Bonchev–Trinajstić information content (AvgIpc) is 3.03. The van der Waals surface area contributed by atoms with Gasteiger partial charge in [0.2, 0.25) is 5.95 Å². The molecular weight excluding hydrogens is 280 g/mol. The number of morpholine rings is 1. The fourth-order valence-corrected chi connectivity index (χ4v) is 2.68. The van der Waals surface area contributed by atoms with Crippen LogP contribution >= 0.6 is 0 Å². The van der Waals surface area contributed by atoms with Crippen molar-refractivity contribution in [1.29, 1.82) is 0 Å². The van der Waals surface area contributed by atoms with Crippen molar-refractivity contribution >= 4 is 22.8 Å². The molecule has 0 bridgehead atoms. The van der Waals surface area contributed by atoms with Gasteiger partial charge in [-0.25, -0.2) is 9.97 Å². The molecule has 1 aliphatic heterocycles. The molecule has 0 aliphatic carbocycles. The Balaban J connectivity index is 1.81. The van der Waals surface area contributed by atoms with Crippen molar-refractivity contribution in [3.63, 3.8) is 0 Å². The van der Waals surface area contributed by atoms with Crippen LogP contribution in [0.4, 0.5) is 11.8 Å². The van der Waals surface area contributed by atoms with Crippen LogP contribution in [0.2, 0.25) is 0 Å². The van der Waals surface area contributed by atoms with Crippen LogP contribution in [0.3, 0.4) is 0 Å². The maximum absolute atomic E-state index is 5.99. The molecule has 0 amide bonds. The van der Waals surface area contributed by atoms with E-state index in [0.717, 1.165) is 35.4 Å². The molecule has 112 valence electrons. The topological polar surface area (TPSA) is 93.0 Å². The number of nitrogens with zero attached hydrogens (tertiary/aromatic N) is 4. The van der Waals surface area contributed by atoms with Crippen LogP contribution in [0.1, 0.15) is 0 Å². The standard InChI is InChI=1S/C15H16N6O/c16-13-9-12(10-1-3-17-14-11(10)2-4-18-14)19-15(20-13)21-5-7-22-8-6-21/h1-4,9H,5-8H2,(H,17,18)(H2,16,19,20). The van der Waals surface area contributed by atoms with Gasteiger partial charge in [-0.2, -0.15) is 4.98 Å². The highest BCUT2D eigenvalue weighted by Gasteiger charge is 2.16. The SMILES string of the molecule is Nc1cc(-c2ccnc3[nH]ccc23)nc(N2CCOCC2)n1. The van der Waals surface area contributed by atoms with Crippen LogP contribution in [-0.4, -0.2) is 46.2 Å². The third-order valence-electron chi connectivity index (χ3n) is 3.76. The van der Waals surface area contributed by atoms with E-state index in [-0.39, 0.29) is 0 Å². The van der Waals surface area contributed by atoms with E-state index in [1.807, 2.05) is 18.3 Å². The normalized spacial score (nSPS) is 15.4. The van der Waals surface area contributed by atoms with Crippen molar-refractivity contribution in [3.8, 4) is 11.3 Å². The third kappa shape index (κ3) is 2.25. The molecule has 22 heavy (non-hydrogen) atoms. The third-order valence-corrected chi connectivity index (χ3v) is 3.76. The summed E-state index contributed by atoms with van der Waals surface area (Å²) in [7, 11) is 0. The number of hydrogen-bond acceptors (Lipinski definition) is 6. The molecule has 4 heterocycles. The van der Waals surface area contributed by atoms with E-state index < -0.39 is 0 Å². The number of hydrogen-bond donors (Lipinski definition) is 2. The molecule has 0 aromatic carbocycles. The maximum atomic E-state index is 5.99. The summed E-state index contributed by atoms with van der Waals surface area (Å²) in [5.41, 5.74) is 8.63. The van der Waals surface area contributed by atoms with Crippen molar-refractivity contribution in [1.82, 2.24) is 19.9 Å². The van der Waals surface area contributed by atoms with Crippen LogP contribution < -0.4 is 10.6 Å². The van der Waals surface area contributed by atoms with Crippen LogP contribution in [0.25, 0.3) is 22.3 Å². The minimum atomic E-state index is 0.465. The predicted molar refractivity (Wildman–Crippen MR) is 84.6 cm³/mol. The Kier molecular flexibility index (Phi) is 3.12. The zero-order chi connectivity index (χ0) is 14.9. The molecule has 0 spiro atoms. The number of anilines is 2. The summed E-state index contributed by atoms with van der Waals surface area (Å²) in [4.78, 5) is 18.6. The highest BCUT2D eigenvalue weighted by atomic mass is 16.5. The first-order chi connectivity index (χ1) is 10.8. The molecule has 3 N–H and O–H groups in total. The molecule has 0 radical (unpaired) electrons. The van der Waals surface area contributed by atoms with Gasteiger partial charge in [-0.15, -0.1) is 0 Å². The second-order valence-electron chi connectivity index (χ2n) is 5.18. The molecule has 0 saturated carbocycles. The Labute approximate surface area is 127 Å². The van der Waals surface area contributed by atoms with Gasteiger partial charge in [-0.3, -0.25) is 0 Å². The lowest BCUT2D eigenvalue weighted by Crippen LogP contribution is -2.37. The zero-order valence-corrected chi connectivity index (χ0v) is 12.0. The number of fused-ring (bicyclic) bond motifs is 1. The predicted octanol–water partition coefficient (Wildman–Crippen LogP) is 1.44. The van der Waals surface area contributed by atoms with Crippen molar-refractivity contribution in [3.05, 3.63) is 30.6 Å². The van der Waals surface area contributed by atoms with Crippen molar-refractivity contribution in [2.45, 2.75) is 0 Å². The first kappa shape index (κ1) is 13.0. The smallest absolute Gasteiger partial charge is 0.228 e. The van der Waals surface area contributed by atoms with Crippen LogP contribution in [0.5, 0.6) is 0 Å². The highest BCUT2D eigenvalue weighted by Crippen LogP contribution is 2.27. The van der Waals surface area contributed by atoms with Gasteiger partial charge in [0.05, 0.1) is 18.9 Å². The number of ether oxygens (including phenoxy) is 1. The minimum absolute atomic E-state index is 0.465. The number of H-pyrrole nitrogens is 1. The number of pyridine rings is 1. The molecule has 0 atom stereocenters. The summed E-state index contributed by atoms with van der Waals surface area (Å²) < 4.78 is 5.37. The van der Waals surface area contributed by atoms with E-state index in [0.29, 0.717) is 25.0 Å². The van der Waals surface area contributed by atoms with E-state index >= 15 is 0 Å². The molecule has 7 nitrogen and oxygen atoms in total. The molecule has 1 aliphatic rings. The van der Waals surface area contributed by atoms with Crippen molar-refractivity contribution in [2.24, 2.45) is 0 Å². The summed E-state index contributed by atoms with van der Waals surface area (Å²) in [6, 6.07) is 5.73. The van der Waals surface area contributed by atoms with Gasteiger partial charge in [0.1, 0.15) is 11.5 Å². The fourth-order valence-electron chi connectivity index (χ4n) is 2.68. The van der Waals surface area contributed by atoms with E-state index in [1.54, 1.807) is 12.3 Å². The molecule has 4 rings (SSSR count). The number of nitrogens with two attached hydrogens (primary N) is 1. The highest BCUT2D eigenvalue weighted by molar-refractivity contribution is 5.92. The Bertz CT molecular complexity index is 809. The summed E-state index contributed by atoms with van der Waals surface area (Å²) in [6.07, 6.45) is 3.63. The van der Waals surface area contributed by atoms with Gasteiger partial charge < -0.3 is 20.4 Å².